The molecule has 0 radical (unpaired) electrons. The van der Waals surface area contributed by atoms with E-state index in [1.54, 1.807) is 24.0 Å². The van der Waals surface area contributed by atoms with Crippen molar-refractivity contribution in [1.82, 2.24) is 15.2 Å². The van der Waals surface area contributed by atoms with Gasteiger partial charge in [-0.2, -0.15) is 0 Å². The maximum atomic E-state index is 5.70. The summed E-state index contributed by atoms with van der Waals surface area (Å²) in [5, 5.41) is 8.25. The molecule has 5 heteroatoms. The van der Waals surface area contributed by atoms with E-state index in [0.29, 0.717) is 5.15 Å². The Balaban J connectivity index is 2.42. The second-order valence-corrected chi connectivity index (χ2v) is 4.72. The fourth-order valence-electron chi connectivity index (χ4n) is 1.30. The molecular formula is C11H10ClN3S. The van der Waals surface area contributed by atoms with E-state index in [2.05, 4.69) is 22.1 Å². The summed E-state index contributed by atoms with van der Waals surface area (Å²) < 4.78 is 0. The number of pyridine rings is 1. The zero-order valence-corrected chi connectivity index (χ0v) is 10.3. The van der Waals surface area contributed by atoms with Crippen LogP contribution in [0.25, 0.3) is 11.4 Å². The van der Waals surface area contributed by atoms with Crippen LogP contribution in [0.4, 0.5) is 0 Å². The molecule has 0 aromatic carbocycles. The van der Waals surface area contributed by atoms with E-state index in [-0.39, 0.29) is 0 Å². The topological polar surface area (TPSA) is 38.7 Å². The molecule has 2 aromatic rings. The van der Waals surface area contributed by atoms with E-state index in [1.165, 1.54) is 0 Å². The summed E-state index contributed by atoms with van der Waals surface area (Å²) in [6.07, 6.45) is 1.76. The summed E-state index contributed by atoms with van der Waals surface area (Å²) in [6.45, 7) is 2.11. The van der Waals surface area contributed by atoms with Gasteiger partial charge in [-0.3, -0.25) is 4.98 Å². The van der Waals surface area contributed by atoms with Crippen molar-refractivity contribution in [2.24, 2.45) is 0 Å². The standard InChI is InChI=1S/C11H10ClN3S/c1-2-16-9-4-3-7-13-11(9)8-5-6-10(12)15-14-8/h3-7H,2H2,1H3. The Morgan fingerprint density at radius 3 is 2.81 bits per heavy atom. The second kappa shape index (κ2) is 5.27. The Morgan fingerprint density at radius 1 is 1.25 bits per heavy atom. The maximum Gasteiger partial charge on any atom is 0.151 e. The largest absolute Gasteiger partial charge is 0.253 e. The van der Waals surface area contributed by atoms with E-state index in [9.17, 15) is 0 Å². The van der Waals surface area contributed by atoms with Gasteiger partial charge >= 0.3 is 0 Å². The highest BCUT2D eigenvalue weighted by molar-refractivity contribution is 7.99. The molecule has 0 spiro atoms. The van der Waals surface area contributed by atoms with E-state index in [4.69, 9.17) is 11.6 Å². The van der Waals surface area contributed by atoms with Crippen LogP contribution < -0.4 is 0 Å². The van der Waals surface area contributed by atoms with Crippen LogP contribution in [-0.4, -0.2) is 20.9 Å². The molecule has 0 aliphatic rings. The minimum absolute atomic E-state index is 0.393. The molecular weight excluding hydrogens is 242 g/mol. The summed E-state index contributed by atoms with van der Waals surface area (Å²) in [4.78, 5) is 5.44. The SMILES string of the molecule is CCSc1cccnc1-c1ccc(Cl)nn1. The van der Waals surface area contributed by atoms with Crippen LogP contribution in [0.5, 0.6) is 0 Å². The number of hydrogen-bond acceptors (Lipinski definition) is 4. The lowest BCUT2D eigenvalue weighted by atomic mass is 10.2. The summed E-state index contributed by atoms with van der Waals surface area (Å²) in [6, 6.07) is 7.51. The van der Waals surface area contributed by atoms with Gasteiger partial charge in [0.2, 0.25) is 0 Å². The lowest BCUT2D eigenvalue weighted by Crippen LogP contribution is -1.92. The van der Waals surface area contributed by atoms with Crippen molar-refractivity contribution in [3.8, 4) is 11.4 Å². The van der Waals surface area contributed by atoms with Crippen molar-refractivity contribution in [3.05, 3.63) is 35.6 Å². The predicted molar refractivity (Wildman–Crippen MR) is 66.7 cm³/mol. The molecule has 0 bridgehead atoms. The van der Waals surface area contributed by atoms with Crippen LogP contribution in [0, 0.1) is 0 Å². The third-order valence-electron chi connectivity index (χ3n) is 1.95. The third kappa shape index (κ3) is 2.51. The molecule has 0 atom stereocenters. The van der Waals surface area contributed by atoms with Crippen LogP contribution in [-0.2, 0) is 0 Å². The summed E-state index contributed by atoms with van der Waals surface area (Å²) in [7, 11) is 0. The number of thioether (sulfide) groups is 1. The van der Waals surface area contributed by atoms with Crippen LogP contribution in [0.1, 0.15) is 6.92 Å². The van der Waals surface area contributed by atoms with E-state index < -0.39 is 0 Å². The van der Waals surface area contributed by atoms with Crippen LogP contribution in [0.2, 0.25) is 5.15 Å². The van der Waals surface area contributed by atoms with Crippen molar-refractivity contribution >= 4 is 23.4 Å². The summed E-state index contributed by atoms with van der Waals surface area (Å²) in [5.41, 5.74) is 1.61. The molecule has 3 nitrogen and oxygen atoms in total. The Kier molecular flexibility index (Phi) is 3.74. The number of aromatic nitrogens is 3. The molecule has 0 aliphatic heterocycles. The molecule has 82 valence electrons. The number of rotatable bonds is 3. The molecule has 0 fully saturated rings. The van der Waals surface area contributed by atoms with Gasteiger partial charge in [-0.05, 0) is 30.0 Å². The average molecular weight is 252 g/mol. The van der Waals surface area contributed by atoms with Crippen molar-refractivity contribution in [1.29, 1.82) is 0 Å². The molecule has 0 saturated heterocycles. The van der Waals surface area contributed by atoms with Crippen molar-refractivity contribution in [2.45, 2.75) is 11.8 Å². The molecule has 0 N–H and O–H groups in total. The predicted octanol–water partition coefficient (Wildman–Crippen LogP) is 3.30. The molecule has 0 aliphatic carbocycles. The van der Waals surface area contributed by atoms with Crippen molar-refractivity contribution < 1.29 is 0 Å². The lowest BCUT2D eigenvalue weighted by Gasteiger charge is -2.05. The van der Waals surface area contributed by atoms with Gasteiger partial charge in [0.1, 0.15) is 11.4 Å². The molecule has 16 heavy (non-hydrogen) atoms. The van der Waals surface area contributed by atoms with Crippen LogP contribution in [0.3, 0.4) is 0 Å². The Labute approximate surface area is 103 Å². The van der Waals surface area contributed by atoms with Gasteiger partial charge < -0.3 is 0 Å². The van der Waals surface area contributed by atoms with E-state index >= 15 is 0 Å². The minimum atomic E-state index is 0.393. The first kappa shape index (κ1) is 11.4. The lowest BCUT2D eigenvalue weighted by molar-refractivity contribution is 1.02. The highest BCUT2D eigenvalue weighted by Gasteiger charge is 2.07. The van der Waals surface area contributed by atoms with Gasteiger partial charge in [0, 0.05) is 11.1 Å². The van der Waals surface area contributed by atoms with Crippen LogP contribution >= 0.6 is 23.4 Å². The average Bonchev–Trinajstić information content (AvgIpc) is 2.32. The normalized spacial score (nSPS) is 10.4. The van der Waals surface area contributed by atoms with Gasteiger partial charge in [-0.1, -0.05) is 18.5 Å². The Hall–Kier alpha value is -1.13. The highest BCUT2D eigenvalue weighted by atomic mass is 35.5. The first-order valence-electron chi connectivity index (χ1n) is 4.88. The molecule has 0 unspecified atom stereocenters. The van der Waals surface area contributed by atoms with Gasteiger partial charge in [0.15, 0.2) is 5.15 Å². The van der Waals surface area contributed by atoms with Crippen LogP contribution in [0.15, 0.2) is 35.4 Å². The number of hydrogen-bond donors (Lipinski definition) is 0. The van der Waals surface area contributed by atoms with E-state index in [0.717, 1.165) is 22.0 Å². The molecule has 2 heterocycles. The fraction of sp³-hybridized carbons (Fsp3) is 0.182. The third-order valence-corrected chi connectivity index (χ3v) is 3.08. The fourth-order valence-corrected chi connectivity index (χ4v) is 2.18. The minimum Gasteiger partial charge on any atom is -0.253 e. The summed E-state index contributed by atoms with van der Waals surface area (Å²) in [5.74, 6) is 1.000. The van der Waals surface area contributed by atoms with Gasteiger partial charge in [-0.25, -0.2) is 0 Å². The zero-order valence-electron chi connectivity index (χ0n) is 8.72. The maximum absolute atomic E-state index is 5.70. The summed E-state index contributed by atoms with van der Waals surface area (Å²) >= 11 is 7.44. The van der Waals surface area contributed by atoms with Gasteiger partial charge in [0.05, 0.1) is 0 Å². The first-order chi connectivity index (χ1) is 7.81. The van der Waals surface area contributed by atoms with Crippen molar-refractivity contribution in [3.63, 3.8) is 0 Å². The molecule has 2 aromatic heterocycles. The van der Waals surface area contributed by atoms with E-state index in [1.807, 2.05) is 18.2 Å². The molecule has 0 amide bonds. The second-order valence-electron chi connectivity index (χ2n) is 3.02. The number of halogens is 1. The molecule has 2 rings (SSSR count). The van der Waals surface area contributed by atoms with Crippen molar-refractivity contribution in [2.75, 3.05) is 5.75 Å². The zero-order chi connectivity index (χ0) is 11.4. The van der Waals surface area contributed by atoms with Gasteiger partial charge in [-0.15, -0.1) is 22.0 Å². The number of nitrogens with zero attached hydrogens (tertiary/aromatic N) is 3. The highest BCUT2D eigenvalue weighted by Crippen LogP contribution is 2.27. The quantitative estimate of drug-likeness (QED) is 0.785. The Bertz CT molecular complexity index is 473. The van der Waals surface area contributed by atoms with Gasteiger partial charge in [0.25, 0.3) is 0 Å². The Morgan fingerprint density at radius 2 is 2.12 bits per heavy atom. The monoisotopic (exact) mass is 251 g/mol. The molecule has 0 saturated carbocycles. The first-order valence-corrected chi connectivity index (χ1v) is 6.25. The smallest absolute Gasteiger partial charge is 0.151 e.